The van der Waals surface area contributed by atoms with Gasteiger partial charge in [-0.3, -0.25) is 9.59 Å². The summed E-state index contributed by atoms with van der Waals surface area (Å²) in [5.74, 6) is -2.99. The Hall–Kier alpha value is -6.36. The zero-order valence-electron chi connectivity index (χ0n) is 25.4. The number of aromatic hydroxyl groups is 5. The summed E-state index contributed by atoms with van der Waals surface area (Å²) >= 11 is 0. The quantitative estimate of drug-likeness (QED) is 0.0742. The molecule has 11 heteroatoms. The molecule has 0 fully saturated rings. The van der Waals surface area contributed by atoms with Crippen LogP contribution < -0.4 is 0 Å². The molecule has 0 aromatic heterocycles. The van der Waals surface area contributed by atoms with Gasteiger partial charge in [-0.25, -0.2) is 9.59 Å². The number of carboxylic acid groups (broad SMARTS) is 1. The standard InChI is InChI=1S/C19H18O5.C17H14O6/c1-12-9-13(4-8-18(12)22)3-6-15(20)10-14-5-7-16(21)11-17(14)19(23)24-2;18-12(4-1-10-2-6-15(20)16(21)7-10)8-11-3-5-13(19)9-14(11)17(22)23/h3-9,11,21-22H,10H2,1-2H3;1-7,9,19-21H,8H2,(H,22,23)/b6-3+;4-1+. The van der Waals surface area contributed by atoms with Gasteiger partial charge in [0.2, 0.25) is 0 Å². The van der Waals surface area contributed by atoms with Crippen molar-refractivity contribution in [3.8, 4) is 28.7 Å². The number of carbonyl (C=O) groups is 4. The molecule has 4 rings (SSSR count). The molecule has 0 heterocycles. The Labute approximate surface area is 269 Å². The van der Waals surface area contributed by atoms with Crippen LogP contribution in [0.25, 0.3) is 12.2 Å². The van der Waals surface area contributed by atoms with Gasteiger partial charge in [0.15, 0.2) is 23.1 Å². The number of ketones is 2. The summed E-state index contributed by atoms with van der Waals surface area (Å²) in [4.78, 5) is 46.9. The summed E-state index contributed by atoms with van der Waals surface area (Å²) in [6.07, 6.45) is 5.64. The zero-order chi connectivity index (χ0) is 34.7. The summed E-state index contributed by atoms with van der Waals surface area (Å²) in [6, 6.07) is 17.1. The molecule has 0 atom stereocenters. The van der Waals surface area contributed by atoms with Crippen LogP contribution in [0.1, 0.15) is 48.5 Å². The first kappa shape index (κ1) is 35.1. The minimum absolute atomic E-state index is 0.0122. The van der Waals surface area contributed by atoms with E-state index in [1.807, 2.05) is 0 Å². The molecule has 0 spiro atoms. The van der Waals surface area contributed by atoms with E-state index >= 15 is 0 Å². The summed E-state index contributed by atoms with van der Waals surface area (Å²) in [6.45, 7) is 1.77. The highest BCUT2D eigenvalue weighted by Crippen LogP contribution is 2.26. The first-order chi connectivity index (χ1) is 22.3. The van der Waals surface area contributed by atoms with Crippen molar-refractivity contribution in [2.75, 3.05) is 7.11 Å². The van der Waals surface area contributed by atoms with E-state index in [2.05, 4.69) is 4.74 Å². The minimum Gasteiger partial charge on any atom is -0.508 e. The van der Waals surface area contributed by atoms with Crippen molar-refractivity contribution in [3.05, 3.63) is 124 Å². The Morgan fingerprint density at radius 3 is 1.60 bits per heavy atom. The summed E-state index contributed by atoms with van der Waals surface area (Å²) in [5.41, 5.74) is 2.83. The van der Waals surface area contributed by atoms with Crippen LogP contribution in [0.15, 0.2) is 84.9 Å². The highest BCUT2D eigenvalue weighted by Gasteiger charge is 2.15. The highest BCUT2D eigenvalue weighted by molar-refractivity contribution is 5.99. The monoisotopic (exact) mass is 640 g/mol. The predicted molar refractivity (Wildman–Crippen MR) is 173 cm³/mol. The molecule has 0 aliphatic carbocycles. The molecule has 0 amide bonds. The van der Waals surface area contributed by atoms with Crippen LogP contribution in [0, 0.1) is 6.92 Å². The van der Waals surface area contributed by atoms with Gasteiger partial charge in [0.25, 0.3) is 0 Å². The molecule has 0 unspecified atom stereocenters. The van der Waals surface area contributed by atoms with Crippen molar-refractivity contribution in [3.63, 3.8) is 0 Å². The fourth-order valence-corrected chi connectivity index (χ4v) is 4.23. The molecule has 4 aromatic rings. The van der Waals surface area contributed by atoms with Gasteiger partial charge in [0, 0.05) is 12.8 Å². The highest BCUT2D eigenvalue weighted by atomic mass is 16.5. The van der Waals surface area contributed by atoms with E-state index in [9.17, 15) is 44.7 Å². The molecule has 47 heavy (non-hydrogen) atoms. The van der Waals surface area contributed by atoms with Gasteiger partial charge in [-0.15, -0.1) is 0 Å². The van der Waals surface area contributed by atoms with E-state index in [1.54, 1.807) is 31.2 Å². The summed E-state index contributed by atoms with van der Waals surface area (Å²) in [7, 11) is 1.24. The smallest absolute Gasteiger partial charge is 0.338 e. The van der Waals surface area contributed by atoms with Crippen molar-refractivity contribution in [1.82, 2.24) is 0 Å². The zero-order valence-corrected chi connectivity index (χ0v) is 25.4. The van der Waals surface area contributed by atoms with Crippen LogP contribution in [-0.2, 0) is 27.2 Å². The van der Waals surface area contributed by atoms with Gasteiger partial charge in [-0.2, -0.15) is 0 Å². The molecule has 4 aromatic carbocycles. The third-order valence-electron chi connectivity index (χ3n) is 6.70. The fourth-order valence-electron chi connectivity index (χ4n) is 4.23. The third kappa shape index (κ3) is 10.4. The summed E-state index contributed by atoms with van der Waals surface area (Å²) in [5, 5.41) is 55.9. The van der Waals surface area contributed by atoms with Gasteiger partial charge in [-0.05, 0) is 95.4 Å². The second kappa shape index (κ2) is 16.1. The number of aromatic carboxylic acids is 1. The van der Waals surface area contributed by atoms with Gasteiger partial charge in [0.05, 0.1) is 18.2 Å². The molecule has 0 saturated carbocycles. The topological polar surface area (TPSA) is 199 Å². The van der Waals surface area contributed by atoms with E-state index in [4.69, 9.17) is 5.11 Å². The molecule has 0 bridgehead atoms. The molecule has 242 valence electrons. The number of carbonyl (C=O) groups excluding carboxylic acids is 3. The largest absolute Gasteiger partial charge is 0.508 e. The molecule has 0 aliphatic heterocycles. The average molecular weight is 641 g/mol. The van der Waals surface area contributed by atoms with Crippen molar-refractivity contribution >= 4 is 35.7 Å². The number of carboxylic acids is 1. The lowest BCUT2D eigenvalue weighted by molar-refractivity contribution is -0.114. The normalized spacial score (nSPS) is 10.8. The number of rotatable bonds is 10. The third-order valence-corrected chi connectivity index (χ3v) is 6.70. The predicted octanol–water partition coefficient (Wildman–Crippen LogP) is 5.34. The maximum atomic E-state index is 12.1. The molecule has 0 saturated heterocycles. The fraction of sp³-hybridized carbons (Fsp3) is 0.111. The lowest BCUT2D eigenvalue weighted by Crippen LogP contribution is -2.08. The Morgan fingerprint density at radius 1 is 0.617 bits per heavy atom. The Kier molecular flexibility index (Phi) is 12.0. The maximum absolute atomic E-state index is 12.1. The number of hydrogen-bond acceptors (Lipinski definition) is 10. The Bertz CT molecular complexity index is 1870. The number of allylic oxidation sites excluding steroid dienone is 2. The van der Waals surface area contributed by atoms with Gasteiger partial charge in [-0.1, -0.05) is 36.4 Å². The second-order valence-electron chi connectivity index (χ2n) is 10.2. The first-order valence-electron chi connectivity index (χ1n) is 14.0. The number of esters is 1. The molecule has 11 nitrogen and oxygen atoms in total. The van der Waals surface area contributed by atoms with E-state index in [0.29, 0.717) is 16.7 Å². The van der Waals surface area contributed by atoms with Crippen LogP contribution in [0.3, 0.4) is 0 Å². The van der Waals surface area contributed by atoms with Gasteiger partial charge in [0.1, 0.15) is 17.2 Å². The summed E-state index contributed by atoms with van der Waals surface area (Å²) < 4.78 is 4.66. The van der Waals surface area contributed by atoms with E-state index < -0.39 is 11.9 Å². The van der Waals surface area contributed by atoms with Crippen LogP contribution in [-0.4, -0.2) is 61.3 Å². The van der Waals surface area contributed by atoms with Crippen LogP contribution in [0.4, 0.5) is 0 Å². The average Bonchev–Trinajstić information content (AvgIpc) is 3.03. The molecule has 0 aliphatic rings. The molecule has 0 radical (unpaired) electrons. The van der Waals surface area contributed by atoms with Crippen LogP contribution in [0.5, 0.6) is 28.7 Å². The van der Waals surface area contributed by atoms with E-state index in [0.717, 1.165) is 17.2 Å². The maximum Gasteiger partial charge on any atom is 0.338 e. The molecular weight excluding hydrogens is 608 g/mol. The number of ether oxygens (including phenoxy) is 1. The van der Waals surface area contributed by atoms with Crippen LogP contribution >= 0.6 is 0 Å². The number of aryl methyl sites for hydroxylation is 1. The van der Waals surface area contributed by atoms with Crippen molar-refractivity contribution < 1.29 is 54.6 Å². The van der Waals surface area contributed by atoms with Crippen LogP contribution in [0.2, 0.25) is 0 Å². The number of benzene rings is 4. The second-order valence-corrected chi connectivity index (χ2v) is 10.2. The Balaban J connectivity index is 0.000000256. The number of methoxy groups -OCH3 is 1. The van der Waals surface area contributed by atoms with Crippen molar-refractivity contribution in [2.24, 2.45) is 0 Å². The van der Waals surface area contributed by atoms with Gasteiger partial charge >= 0.3 is 11.9 Å². The molecule has 6 N–H and O–H groups in total. The lowest BCUT2D eigenvalue weighted by atomic mass is 10.0. The lowest BCUT2D eigenvalue weighted by Gasteiger charge is -2.07. The van der Waals surface area contributed by atoms with Gasteiger partial charge < -0.3 is 35.4 Å². The number of phenols is 5. The first-order valence-corrected chi connectivity index (χ1v) is 14.0. The van der Waals surface area contributed by atoms with E-state index in [1.165, 1.54) is 73.9 Å². The Morgan fingerprint density at radius 2 is 1.11 bits per heavy atom. The molecular formula is C36H32O11. The van der Waals surface area contributed by atoms with Crippen molar-refractivity contribution in [1.29, 1.82) is 0 Å². The number of hydrogen-bond donors (Lipinski definition) is 6. The van der Waals surface area contributed by atoms with Crippen molar-refractivity contribution in [2.45, 2.75) is 19.8 Å². The minimum atomic E-state index is -1.23. The number of phenolic OH excluding ortho intramolecular Hbond substituents is 5. The SMILES string of the molecule is COC(=O)c1cc(O)ccc1CC(=O)/C=C/c1ccc(O)c(C)c1.O=C(/C=C/c1ccc(O)c(O)c1)Cc1ccc(O)cc1C(=O)O. The van der Waals surface area contributed by atoms with E-state index in [-0.39, 0.29) is 64.3 Å².